The van der Waals surface area contributed by atoms with Crippen molar-refractivity contribution in [1.29, 1.82) is 0 Å². The highest BCUT2D eigenvalue weighted by Gasteiger charge is 2.01. The molecule has 0 saturated heterocycles. The summed E-state index contributed by atoms with van der Waals surface area (Å²) in [5, 5.41) is 5.99. The van der Waals surface area contributed by atoms with E-state index in [1.165, 1.54) is 21.9 Å². The van der Waals surface area contributed by atoms with Gasteiger partial charge in [0.15, 0.2) is 0 Å². The van der Waals surface area contributed by atoms with Crippen molar-refractivity contribution in [3.05, 3.63) is 54.1 Å². The first-order valence-electron chi connectivity index (χ1n) is 7.17. The number of hydrogen-bond donors (Lipinski definition) is 1. The lowest BCUT2D eigenvalue weighted by molar-refractivity contribution is 0.199. The molecule has 2 heteroatoms. The van der Waals surface area contributed by atoms with Crippen LogP contribution in [0.5, 0.6) is 0 Å². The van der Waals surface area contributed by atoms with Crippen LogP contribution in [0.3, 0.4) is 0 Å². The van der Waals surface area contributed by atoms with E-state index in [2.05, 4.69) is 60.8 Å². The second-order valence-corrected chi connectivity index (χ2v) is 4.95. The second kappa shape index (κ2) is 7.83. The molecule has 1 N–H and O–H groups in total. The van der Waals surface area contributed by atoms with Gasteiger partial charge in [-0.25, -0.2) is 0 Å². The zero-order valence-corrected chi connectivity index (χ0v) is 12.4. The molecule has 0 aliphatic rings. The van der Waals surface area contributed by atoms with Crippen molar-refractivity contribution in [3.8, 4) is 0 Å². The largest absolute Gasteiger partial charge is 0.383 e. The van der Waals surface area contributed by atoms with Crippen LogP contribution in [0.15, 0.2) is 48.5 Å². The van der Waals surface area contributed by atoms with E-state index in [0.717, 1.165) is 26.1 Å². The lowest BCUT2D eigenvalue weighted by Gasteiger charge is -2.07. The zero-order valence-electron chi connectivity index (χ0n) is 12.4. The number of benzene rings is 2. The minimum Gasteiger partial charge on any atom is -0.383 e. The molecule has 0 aromatic heterocycles. The molecule has 0 heterocycles. The first-order valence-corrected chi connectivity index (χ1v) is 7.17. The molecular weight excluding hydrogens is 246 g/mol. The van der Waals surface area contributed by atoms with Crippen molar-refractivity contribution < 1.29 is 4.74 Å². The number of hydrogen-bond acceptors (Lipinski definition) is 2. The van der Waals surface area contributed by atoms with Crippen LogP contribution in [0, 0.1) is 0 Å². The Morgan fingerprint density at radius 1 is 1.10 bits per heavy atom. The fourth-order valence-corrected chi connectivity index (χ4v) is 2.37. The summed E-state index contributed by atoms with van der Waals surface area (Å²) in [5.41, 5.74) is 2.68. The summed E-state index contributed by atoms with van der Waals surface area (Å²) in [7, 11) is 1.73. The molecule has 0 saturated carbocycles. The Hall–Kier alpha value is -1.64. The molecule has 106 valence electrons. The number of nitrogens with one attached hydrogen (secondary N) is 1. The topological polar surface area (TPSA) is 21.3 Å². The van der Waals surface area contributed by atoms with Gasteiger partial charge in [0.05, 0.1) is 6.61 Å². The van der Waals surface area contributed by atoms with Gasteiger partial charge in [-0.15, -0.1) is 0 Å². The van der Waals surface area contributed by atoms with Crippen LogP contribution in [0.4, 0.5) is 0 Å². The van der Waals surface area contributed by atoms with Crippen LogP contribution < -0.4 is 5.32 Å². The number of methoxy groups -OCH3 is 1. The molecular formula is C18H23NO. The Labute approximate surface area is 121 Å². The van der Waals surface area contributed by atoms with E-state index < -0.39 is 0 Å². The average molecular weight is 269 g/mol. The van der Waals surface area contributed by atoms with Crippen LogP contribution >= 0.6 is 0 Å². The van der Waals surface area contributed by atoms with Gasteiger partial charge in [0.1, 0.15) is 0 Å². The molecule has 2 aromatic rings. The van der Waals surface area contributed by atoms with Gasteiger partial charge in [0.2, 0.25) is 0 Å². The summed E-state index contributed by atoms with van der Waals surface area (Å²) in [6, 6.07) is 15.0. The molecule has 0 bridgehead atoms. The minimum atomic E-state index is 0.770. The third-order valence-corrected chi connectivity index (χ3v) is 3.47. The van der Waals surface area contributed by atoms with E-state index in [0.29, 0.717) is 0 Å². The van der Waals surface area contributed by atoms with Crippen LogP contribution in [0.1, 0.15) is 18.9 Å². The fourth-order valence-electron chi connectivity index (χ4n) is 2.37. The van der Waals surface area contributed by atoms with Crippen molar-refractivity contribution in [2.24, 2.45) is 0 Å². The van der Waals surface area contributed by atoms with Gasteiger partial charge in [-0.3, -0.25) is 0 Å². The third kappa shape index (κ3) is 3.92. The molecule has 2 nitrogen and oxygen atoms in total. The predicted octanol–water partition coefficient (Wildman–Crippen LogP) is 3.87. The van der Waals surface area contributed by atoms with Crippen molar-refractivity contribution in [1.82, 2.24) is 5.32 Å². The number of allylic oxidation sites excluding steroid dienone is 1. The minimum absolute atomic E-state index is 0.770. The Morgan fingerprint density at radius 2 is 1.90 bits per heavy atom. The molecule has 0 aliphatic heterocycles. The van der Waals surface area contributed by atoms with E-state index in [1.807, 2.05) is 0 Å². The molecule has 0 unspecified atom stereocenters. The van der Waals surface area contributed by atoms with E-state index in [-0.39, 0.29) is 0 Å². The van der Waals surface area contributed by atoms with E-state index in [4.69, 9.17) is 4.74 Å². The van der Waals surface area contributed by atoms with Crippen LogP contribution in [-0.4, -0.2) is 26.8 Å². The van der Waals surface area contributed by atoms with Crippen LogP contribution in [0.25, 0.3) is 16.3 Å². The molecule has 0 atom stereocenters. The van der Waals surface area contributed by atoms with Crippen molar-refractivity contribution in [2.45, 2.75) is 13.3 Å². The summed E-state index contributed by atoms with van der Waals surface area (Å²) in [5.74, 6) is 0. The van der Waals surface area contributed by atoms with Gasteiger partial charge < -0.3 is 10.1 Å². The lowest BCUT2D eigenvalue weighted by atomic mass is 9.98. The van der Waals surface area contributed by atoms with Gasteiger partial charge in [0, 0.05) is 13.7 Å². The molecule has 0 amide bonds. The van der Waals surface area contributed by atoms with Gasteiger partial charge >= 0.3 is 0 Å². The highest BCUT2D eigenvalue weighted by atomic mass is 16.5. The van der Waals surface area contributed by atoms with Crippen LogP contribution in [0.2, 0.25) is 0 Å². The van der Waals surface area contributed by atoms with Gasteiger partial charge in [-0.2, -0.15) is 0 Å². The molecule has 0 spiro atoms. The third-order valence-electron chi connectivity index (χ3n) is 3.47. The van der Waals surface area contributed by atoms with Gasteiger partial charge in [-0.05, 0) is 41.8 Å². The first-order chi connectivity index (χ1) is 9.83. The SMILES string of the molecule is COCCNCCC=C(C)c1cccc2ccccc12. The molecule has 2 aromatic carbocycles. The van der Waals surface area contributed by atoms with Crippen LogP contribution in [-0.2, 0) is 4.74 Å². The van der Waals surface area contributed by atoms with Gasteiger partial charge in [-0.1, -0.05) is 48.5 Å². The van der Waals surface area contributed by atoms with Crippen molar-refractivity contribution in [2.75, 3.05) is 26.8 Å². The zero-order chi connectivity index (χ0) is 14.2. The molecule has 2 rings (SSSR count). The Kier molecular flexibility index (Phi) is 5.78. The Bertz CT molecular complexity index is 569. The van der Waals surface area contributed by atoms with E-state index in [1.54, 1.807) is 7.11 Å². The normalized spacial score (nSPS) is 12.0. The van der Waals surface area contributed by atoms with Crippen molar-refractivity contribution in [3.63, 3.8) is 0 Å². The monoisotopic (exact) mass is 269 g/mol. The Balaban J connectivity index is 2.02. The number of fused-ring (bicyclic) bond motifs is 1. The van der Waals surface area contributed by atoms with E-state index >= 15 is 0 Å². The maximum absolute atomic E-state index is 5.01. The van der Waals surface area contributed by atoms with Gasteiger partial charge in [0.25, 0.3) is 0 Å². The van der Waals surface area contributed by atoms with Crippen molar-refractivity contribution >= 4 is 16.3 Å². The van der Waals surface area contributed by atoms with E-state index in [9.17, 15) is 0 Å². The summed E-state index contributed by atoms with van der Waals surface area (Å²) in [6.45, 7) is 4.87. The summed E-state index contributed by atoms with van der Waals surface area (Å²) < 4.78 is 5.01. The predicted molar refractivity (Wildman–Crippen MR) is 87.0 cm³/mol. The summed E-state index contributed by atoms with van der Waals surface area (Å²) in [6.07, 6.45) is 3.35. The molecule has 0 aliphatic carbocycles. The highest BCUT2D eigenvalue weighted by Crippen LogP contribution is 2.24. The molecule has 0 fully saturated rings. The maximum atomic E-state index is 5.01. The number of rotatable bonds is 7. The Morgan fingerprint density at radius 3 is 2.75 bits per heavy atom. The lowest BCUT2D eigenvalue weighted by Crippen LogP contribution is -2.19. The summed E-state index contributed by atoms with van der Waals surface area (Å²) >= 11 is 0. The fraction of sp³-hybridized carbons (Fsp3) is 0.333. The molecule has 0 radical (unpaired) electrons. The first kappa shape index (κ1) is 14.8. The quantitative estimate of drug-likeness (QED) is 0.770. The maximum Gasteiger partial charge on any atom is 0.0587 e. The smallest absolute Gasteiger partial charge is 0.0587 e. The second-order valence-electron chi connectivity index (χ2n) is 4.95. The molecule has 20 heavy (non-hydrogen) atoms. The average Bonchev–Trinajstić information content (AvgIpc) is 2.50. The standard InChI is InChI=1S/C18H23NO/c1-15(7-6-12-19-13-14-20-2)17-11-5-9-16-8-3-4-10-18(16)17/h3-5,7-11,19H,6,12-14H2,1-2H3. The highest BCUT2D eigenvalue weighted by molar-refractivity contribution is 5.93. The number of ether oxygens (including phenoxy) is 1. The summed E-state index contributed by atoms with van der Waals surface area (Å²) in [4.78, 5) is 0.